The molecule has 0 bridgehead atoms. The summed E-state index contributed by atoms with van der Waals surface area (Å²) in [6.07, 6.45) is -1.65. The summed E-state index contributed by atoms with van der Waals surface area (Å²) >= 11 is 0. The van der Waals surface area contributed by atoms with Crippen LogP contribution in [0.2, 0.25) is 0 Å². The Morgan fingerprint density at radius 3 is 1.24 bits per heavy atom. The molecule has 0 aliphatic heterocycles. The minimum atomic E-state index is -4.65. The van der Waals surface area contributed by atoms with Gasteiger partial charge in [0, 0.05) is 0 Å². The van der Waals surface area contributed by atoms with Crippen molar-refractivity contribution >= 4 is 39.0 Å². The Hall–Kier alpha value is -2.44. The Morgan fingerprint density at radius 1 is 0.680 bits per heavy atom. The van der Waals surface area contributed by atoms with Gasteiger partial charge in [-0.1, -0.05) is 0 Å². The van der Waals surface area contributed by atoms with Crippen molar-refractivity contribution in [3.8, 4) is 0 Å². The minimum Gasteiger partial charge on any atom is -0.368 e. The molecule has 2 aromatic heterocycles. The van der Waals surface area contributed by atoms with Crippen LogP contribution in [-0.2, 0) is 25.8 Å². The Morgan fingerprint density at radius 2 is 0.960 bits per heavy atom. The third-order valence-electron chi connectivity index (χ3n) is 2.37. The van der Waals surface area contributed by atoms with Crippen molar-refractivity contribution in [3.05, 3.63) is 11.6 Å². The Kier molecular flexibility index (Phi) is 5.15. The summed E-state index contributed by atoms with van der Waals surface area (Å²) in [5, 5.41) is 0. The lowest BCUT2D eigenvalue weighted by Gasteiger charge is -2.16. The van der Waals surface area contributed by atoms with Gasteiger partial charge in [-0.15, -0.1) is 0 Å². The van der Waals surface area contributed by atoms with E-state index in [0.29, 0.717) is 0 Å². The first-order valence-corrected chi connectivity index (χ1v) is 9.83. The third-order valence-corrected chi connectivity index (χ3v) is 5.78. The van der Waals surface area contributed by atoms with E-state index in [1.165, 1.54) is 0 Å². The van der Waals surface area contributed by atoms with Crippen LogP contribution in [0.15, 0.2) is 0 Å². The van der Waals surface area contributed by atoms with Gasteiger partial charge in [0.25, 0.3) is 0 Å². The molecule has 0 radical (unpaired) electrons. The van der Waals surface area contributed by atoms with Crippen molar-refractivity contribution in [2.75, 3.05) is 22.9 Å². The van der Waals surface area contributed by atoms with Crippen LogP contribution in [-0.4, -0.2) is 39.7 Å². The maximum Gasteiger partial charge on any atom is 0.342 e. The number of nitrogen functional groups attached to an aromatic ring is 4. The molecular weight excluding hydrogens is 378 g/mol. The average molecular weight is 392 g/mol. The third kappa shape index (κ3) is 5.85. The van der Waals surface area contributed by atoms with Crippen LogP contribution in [0.1, 0.15) is 11.6 Å². The van der Waals surface area contributed by atoms with Gasteiger partial charge in [-0.2, -0.15) is 29.9 Å². The molecule has 0 spiro atoms. The monoisotopic (exact) mass is 392 g/mol. The van der Waals surface area contributed by atoms with Crippen LogP contribution in [0.4, 0.5) is 23.8 Å². The van der Waals surface area contributed by atoms with Crippen molar-refractivity contribution < 1.29 is 23.2 Å². The summed E-state index contributed by atoms with van der Waals surface area (Å²) in [6, 6.07) is 0. The van der Waals surface area contributed by atoms with E-state index in [0.717, 1.165) is 0 Å². The van der Waals surface area contributed by atoms with Crippen LogP contribution in [0.5, 0.6) is 0 Å². The van der Waals surface area contributed by atoms with Crippen molar-refractivity contribution in [2.24, 2.45) is 0 Å². The molecule has 0 amide bonds. The van der Waals surface area contributed by atoms with Gasteiger partial charge >= 0.3 is 15.2 Å². The number of anilines is 4. The van der Waals surface area contributed by atoms with Gasteiger partial charge in [-0.3, -0.25) is 9.13 Å². The fourth-order valence-corrected chi connectivity index (χ4v) is 4.72. The highest BCUT2D eigenvalue weighted by atomic mass is 31.3. The fourth-order valence-electron chi connectivity index (χ4n) is 1.67. The van der Waals surface area contributed by atoms with Crippen LogP contribution in [0, 0.1) is 0 Å². The first-order chi connectivity index (χ1) is 11.4. The fraction of sp³-hybridized carbons (Fsp3) is 0.250. The summed E-state index contributed by atoms with van der Waals surface area (Å²) < 4.78 is 28.6. The van der Waals surface area contributed by atoms with Gasteiger partial charge in [0.1, 0.15) is 24.0 Å². The lowest BCUT2D eigenvalue weighted by atomic mass is 10.7. The minimum absolute atomic E-state index is 0.286. The van der Waals surface area contributed by atoms with Crippen LogP contribution >= 0.6 is 15.2 Å². The average Bonchev–Trinajstić information content (AvgIpc) is 2.31. The molecule has 15 nitrogen and oxygen atoms in total. The SMILES string of the molecule is Nc1nc(N)nc(CP(=O)(O)OP(=O)(O)Cc2nc(N)nc(N)n2)n1. The van der Waals surface area contributed by atoms with E-state index in [9.17, 15) is 18.9 Å². The van der Waals surface area contributed by atoms with Gasteiger partial charge in [0.2, 0.25) is 23.8 Å². The van der Waals surface area contributed by atoms with Crippen LogP contribution in [0.25, 0.3) is 0 Å². The van der Waals surface area contributed by atoms with Gasteiger partial charge < -0.3 is 32.7 Å². The van der Waals surface area contributed by atoms with Crippen molar-refractivity contribution in [1.82, 2.24) is 29.9 Å². The van der Waals surface area contributed by atoms with Gasteiger partial charge in [-0.05, 0) is 0 Å². The van der Waals surface area contributed by atoms with Gasteiger partial charge in [0.05, 0.1) is 0 Å². The van der Waals surface area contributed by atoms with Crippen LogP contribution in [0.3, 0.4) is 0 Å². The largest absolute Gasteiger partial charge is 0.368 e. The zero-order valence-corrected chi connectivity index (χ0v) is 14.2. The van der Waals surface area contributed by atoms with Crippen molar-refractivity contribution in [1.29, 1.82) is 0 Å². The highest BCUT2D eigenvalue weighted by molar-refractivity contribution is 7.65. The van der Waals surface area contributed by atoms with Crippen LogP contribution < -0.4 is 22.9 Å². The quantitative estimate of drug-likeness (QED) is 0.304. The number of nitrogens with zero attached hydrogens (tertiary/aromatic N) is 6. The zero-order valence-electron chi connectivity index (χ0n) is 12.4. The Balaban J connectivity index is 2.14. The molecule has 0 saturated heterocycles. The highest BCUT2D eigenvalue weighted by Crippen LogP contribution is 2.61. The molecule has 136 valence electrons. The smallest absolute Gasteiger partial charge is 0.342 e. The molecule has 0 aliphatic rings. The van der Waals surface area contributed by atoms with E-state index in [4.69, 9.17) is 22.9 Å². The molecule has 25 heavy (non-hydrogen) atoms. The van der Waals surface area contributed by atoms with E-state index < -0.39 is 27.5 Å². The Bertz CT molecular complexity index is 782. The predicted molar refractivity (Wildman–Crippen MR) is 85.4 cm³/mol. The predicted octanol–water partition coefficient (Wildman–Crippen LogP) is -1.53. The molecule has 0 aromatic carbocycles. The molecule has 2 heterocycles. The molecule has 0 aliphatic carbocycles. The number of nitrogens with two attached hydrogens (primary N) is 4. The maximum absolute atomic E-state index is 12.1. The first-order valence-electron chi connectivity index (χ1n) is 6.31. The second kappa shape index (κ2) is 6.82. The maximum atomic E-state index is 12.1. The standard InChI is InChI=1S/C8H14N10O5P2/c9-5-13-3(14-6(10)17-5)1-24(19,20)23-25(21,22)2-4-15-7(11)18-8(12)16-4/h1-2H2,(H,19,20)(H,21,22)(H4,9,10,13,14,17)(H4,11,12,15,16,18). The number of hydrogen-bond acceptors (Lipinski definition) is 13. The lowest BCUT2D eigenvalue weighted by Crippen LogP contribution is -2.08. The van der Waals surface area contributed by atoms with E-state index in [2.05, 4.69) is 34.2 Å². The second-order valence-corrected chi connectivity index (χ2v) is 8.44. The summed E-state index contributed by atoms with van der Waals surface area (Å²) in [4.78, 5) is 40.9. The van der Waals surface area contributed by atoms with E-state index >= 15 is 0 Å². The molecule has 2 atom stereocenters. The normalized spacial score (nSPS) is 16.1. The summed E-state index contributed by atoms with van der Waals surface area (Å²) in [5.41, 5.74) is 21.3. The number of aromatic nitrogens is 6. The topological polar surface area (TPSA) is 265 Å². The van der Waals surface area contributed by atoms with Gasteiger partial charge in [-0.25, -0.2) is 4.31 Å². The summed E-state index contributed by atoms with van der Waals surface area (Å²) in [6.45, 7) is 0. The number of hydrogen-bond donors (Lipinski definition) is 6. The lowest BCUT2D eigenvalue weighted by molar-refractivity contribution is 0.329. The molecular formula is C8H14N10O5P2. The van der Waals surface area contributed by atoms with E-state index in [1.54, 1.807) is 0 Å². The zero-order chi connectivity index (χ0) is 18.8. The molecule has 0 fully saturated rings. The first kappa shape index (κ1) is 18.9. The second-order valence-electron chi connectivity index (χ2n) is 4.61. The molecule has 2 unspecified atom stereocenters. The molecule has 17 heteroatoms. The summed E-state index contributed by atoms with van der Waals surface area (Å²) in [7, 11) is -9.29. The summed E-state index contributed by atoms with van der Waals surface area (Å²) in [5.74, 6) is -1.72. The molecule has 0 saturated carbocycles. The van der Waals surface area contributed by atoms with Crippen molar-refractivity contribution in [3.63, 3.8) is 0 Å². The molecule has 10 N–H and O–H groups in total. The highest BCUT2D eigenvalue weighted by Gasteiger charge is 2.34. The number of rotatable bonds is 6. The van der Waals surface area contributed by atoms with Crippen molar-refractivity contribution in [2.45, 2.75) is 12.3 Å². The Labute approximate surface area is 140 Å². The van der Waals surface area contributed by atoms with Gasteiger partial charge in [0.15, 0.2) is 0 Å². The van der Waals surface area contributed by atoms with E-state index in [-0.39, 0.29) is 35.4 Å². The van der Waals surface area contributed by atoms with E-state index in [1.807, 2.05) is 0 Å². The molecule has 2 aromatic rings. The molecule has 2 rings (SSSR count).